The van der Waals surface area contributed by atoms with Gasteiger partial charge in [-0.05, 0) is 31.1 Å². The molecule has 1 saturated heterocycles. The van der Waals surface area contributed by atoms with Gasteiger partial charge in [0, 0.05) is 19.6 Å². The highest BCUT2D eigenvalue weighted by molar-refractivity contribution is 4.83. The summed E-state index contributed by atoms with van der Waals surface area (Å²) in [4.78, 5) is 2.47. The highest BCUT2D eigenvalue weighted by atomic mass is 16.3. The number of likely N-dealkylation sites (tertiary alicyclic amines) is 1. The molecule has 2 aliphatic rings. The smallest absolute Gasteiger partial charge is 0.0670 e. The molecule has 0 aromatic carbocycles. The molecule has 0 radical (unpaired) electrons. The molecule has 1 aliphatic carbocycles. The van der Waals surface area contributed by atoms with E-state index in [4.69, 9.17) is 0 Å². The second kappa shape index (κ2) is 3.97. The number of nitrogens with zero attached hydrogens (tertiary/aromatic N) is 1. The molecule has 1 saturated carbocycles. The van der Waals surface area contributed by atoms with Gasteiger partial charge in [-0.3, -0.25) is 0 Å². The predicted octanol–water partition coefficient (Wildman–Crippen LogP) is 1.49. The minimum Gasteiger partial charge on any atom is -0.392 e. The Bertz CT molecular complexity index is 165. The van der Waals surface area contributed by atoms with Gasteiger partial charge >= 0.3 is 0 Å². The van der Waals surface area contributed by atoms with Crippen LogP contribution in [0.2, 0.25) is 0 Å². The molecule has 2 rings (SSSR count). The third-order valence-corrected chi connectivity index (χ3v) is 3.38. The van der Waals surface area contributed by atoms with Crippen molar-refractivity contribution in [2.75, 3.05) is 19.6 Å². The van der Waals surface area contributed by atoms with E-state index in [2.05, 4.69) is 11.8 Å². The van der Waals surface area contributed by atoms with Crippen LogP contribution in [0.3, 0.4) is 0 Å². The van der Waals surface area contributed by atoms with Gasteiger partial charge in [0.05, 0.1) is 6.10 Å². The van der Waals surface area contributed by atoms with Crippen LogP contribution >= 0.6 is 0 Å². The van der Waals surface area contributed by atoms with Crippen molar-refractivity contribution in [3.63, 3.8) is 0 Å². The van der Waals surface area contributed by atoms with Gasteiger partial charge in [-0.15, -0.1) is 0 Å². The van der Waals surface area contributed by atoms with Crippen molar-refractivity contribution >= 4 is 0 Å². The largest absolute Gasteiger partial charge is 0.392 e. The van der Waals surface area contributed by atoms with Gasteiger partial charge in [-0.2, -0.15) is 0 Å². The number of aliphatic hydroxyl groups is 1. The van der Waals surface area contributed by atoms with E-state index in [1.54, 1.807) is 0 Å². The number of aliphatic hydroxyl groups excluding tert-OH is 1. The van der Waals surface area contributed by atoms with E-state index < -0.39 is 0 Å². The topological polar surface area (TPSA) is 23.5 Å². The SMILES string of the molecule is CC[C@H]1C[C@H](O)CN(CC2CC2)C1. The first-order valence-electron chi connectivity index (χ1n) is 5.68. The molecule has 0 spiro atoms. The van der Waals surface area contributed by atoms with Gasteiger partial charge in [0.1, 0.15) is 0 Å². The van der Waals surface area contributed by atoms with Gasteiger partial charge in [0.2, 0.25) is 0 Å². The summed E-state index contributed by atoms with van der Waals surface area (Å²) in [5.41, 5.74) is 0. The molecule has 0 aromatic rings. The van der Waals surface area contributed by atoms with Crippen LogP contribution in [0.1, 0.15) is 32.6 Å². The zero-order chi connectivity index (χ0) is 9.26. The fourth-order valence-electron chi connectivity index (χ4n) is 2.38. The summed E-state index contributed by atoms with van der Waals surface area (Å²) in [7, 11) is 0. The predicted molar refractivity (Wildman–Crippen MR) is 53.6 cm³/mol. The lowest BCUT2D eigenvalue weighted by Gasteiger charge is -2.35. The number of β-amino-alcohol motifs (C(OH)–C–C–N with tert-alkyl or cyclic N) is 1. The van der Waals surface area contributed by atoms with E-state index in [9.17, 15) is 5.11 Å². The lowest BCUT2D eigenvalue weighted by atomic mass is 9.93. The van der Waals surface area contributed by atoms with E-state index in [1.807, 2.05) is 0 Å². The molecule has 13 heavy (non-hydrogen) atoms. The van der Waals surface area contributed by atoms with Gasteiger partial charge in [-0.1, -0.05) is 13.3 Å². The molecule has 0 bridgehead atoms. The van der Waals surface area contributed by atoms with Crippen molar-refractivity contribution in [2.45, 2.75) is 38.7 Å². The zero-order valence-corrected chi connectivity index (χ0v) is 8.58. The Labute approximate surface area is 80.9 Å². The van der Waals surface area contributed by atoms with E-state index in [1.165, 1.54) is 32.4 Å². The third kappa shape index (κ3) is 2.68. The Morgan fingerprint density at radius 1 is 1.23 bits per heavy atom. The second-order valence-electron chi connectivity index (χ2n) is 4.83. The highest BCUT2D eigenvalue weighted by Gasteiger charge is 2.29. The van der Waals surface area contributed by atoms with Crippen molar-refractivity contribution in [1.29, 1.82) is 0 Å². The van der Waals surface area contributed by atoms with Crippen molar-refractivity contribution < 1.29 is 5.11 Å². The zero-order valence-electron chi connectivity index (χ0n) is 8.58. The quantitative estimate of drug-likeness (QED) is 0.716. The first-order valence-corrected chi connectivity index (χ1v) is 5.68. The van der Waals surface area contributed by atoms with Crippen molar-refractivity contribution in [3.05, 3.63) is 0 Å². The molecule has 1 heterocycles. The fourth-order valence-corrected chi connectivity index (χ4v) is 2.38. The summed E-state index contributed by atoms with van der Waals surface area (Å²) in [6.45, 7) is 5.63. The summed E-state index contributed by atoms with van der Waals surface area (Å²) in [6.07, 6.45) is 5.03. The number of hydrogen-bond acceptors (Lipinski definition) is 2. The molecule has 0 unspecified atom stereocenters. The lowest BCUT2D eigenvalue weighted by molar-refractivity contribution is 0.0365. The molecule has 0 amide bonds. The van der Waals surface area contributed by atoms with Gasteiger partial charge in [-0.25, -0.2) is 0 Å². The van der Waals surface area contributed by atoms with Gasteiger partial charge < -0.3 is 10.0 Å². The standard InChI is InChI=1S/C11H21NO/c1-2-9-5-11(13)8-12(6-9)7-10-3-4-10/h9-11,13H,2-8H2,1H3/t9-,11-/m0/s1. The Morgan fingerprint density at radius 3 is 2.62 bits per heavy atom. The van der Waals surface area contributed by atoms with Crippen molar-refractivity contribution in [1.82, 2.24) is 4.90 Å². The number of hydrogen-bond donors (Lipinski definition) is 1. The van der Waals surface area contributed by atoms with Gasteiger partial charge in [0.15, 0.2) is 0 Å². The molecule has 76 valence electrons. The van der Waals surface area contributed by atoms with E-state index in [0.717, 1.165) is 24.8 Å². The molecule has 2 heteroatoms. The maximum atomic E-state index is 9.67. The minimum atomic E-state index is -0.0579. The number of piperidine rings is 1. The van der Waals surface area contributed by atoms with Crippen molar-refractivity contribution in [2.24, 2.45) is 11.8 Å². The van der Waals surface area contributed by atoms with Crippen LogP contribution in [0.4, 0.5) is 0 Å². The Balaban J connectivity index is 1.80. The van der Waals surface area contributed by atoms with Crippen LogP contribution in [-0.4, -0.2) is 35.7 Å². The molecule has 2 fully saturated rings. The minimum absolute atomic E-state index is 0.0579. The third-order valence-electron chi connectivity index (χ3n) is 3.38. The molecular formula is C11H21NO. The molecule has 0 aromatic heterocycles. The average Bonchev–Trinajstić information content (AvgIpc) is 2.87. The second-order valence-corrected chi connectivity index (χ2v) is 4.83. The molecule has 2 nitrogen and oxygen atoms in total. The molecule has 1 aliphatic heterocycles. The summed E-state index contributed by atoms with van der Waals surface area (Å²) in [6, 6.07) is 0. The molecule has 2 atom stereocenters. The summed E-state index contributed by atoms with van der Waals surface area (Å²) >= 11 is 0. The monoisotopic (exact) mass is 183 g/mol. The normalized spacial score (nSPS) is 36.5. The average molecular weight is 183 g/mol. The van der Waals surface area contributed by atoms with E-state index in [-0.39, 0.29) is 6.10 Å². The van der Waals surface area contributed by atoms with Gasteiger partial charge in [0.25, 0.3) is 0 Å². The summed E-state index contributed by atoms with van der Waals surface area (Å²) < 4.78 is 0. The van der Waals surface area contributed by atoms with Crippen molar-refractivity contribution in [3.8, 4) is 0 Å². The fraction of sp³-hybridized carbons (Fsp3) is 1.00. The lowest BCUT2D eigenvalue weighted by Crippen LogP contribution is -2.43. The van der Waals surface area contributed by atoms with Crippen LogP contribution in [-0.2, 0) is 0 Å². The van der Waals surface area contributed by atoms with Crippen LogP contribution in [0, 0.1) is 11.8 Å². The van der Waals surface area contributed by atoms with Crippen LogP contribution in [0.15, 0.2) is 0 Å². The summed E-state index contributed by atoms with van der Waals surface area (Å²) in [5.74, 6) is 1.70. The molecule has 1 N–H and O–H groups in total. The van der Waals surface area contributed by atoms with Crippen LogP contribution < -0.4 is 0 Å². The Kier molecular flexibility index (Phi) is 2.89. The van der Waals surface area contributed by atoms with E-state index in [0.29, 0.717) is 0 Å². The Hall–Kier alpha value is -0.0800. The number of rotatable bonds is 3. The summed E-state index contributed by atoms with van der Waals surface area (Å²) in [5, 5.41) is 9.67. The van der Waals surface area contributed by atoms with Crippen LogP contribution in [0.25, 0.3) is 0 Å². The maximum Gasteiger partial charge on any atom is 0.0670 e. The van der Waals surface area contributed by atoms with Crippen LogP contribution in [0.5, 0.6) is 0 Å². The van der Waals surface area contributed by atoms with E-state index >= 15 is 0 Å². The first-order chi connectivity index (χ1) is 6.28. The Morgan fingerprint density at radius 2 is 2.00 bits per heavy atom. The maximum absolute atomic E-state index is 9.67. The first kappa shape index (κ1) is 9.47. The molecular weight excluding hydrogens is 162 g/mol. The highest BCUT2D eigenvalue weighted by Crippen LogP contribution is 2.31.